The van der Waals surface area contributed by atoms with Gasteiger partial charge in [-0.15, -0.1) is 0 Å². The third-order valence-electron chi connectivity index (χ3n) is 5.84. The van der Waals surface area contributed by atoms with Crippen molar-refractivity contribution in [2.45, 2.75) is 25.1 Å². The van der Waals surface area contributed by atoms with E-state index >= 15 is 0 Å². The normalized spacial score (nSPS) is 21.8. The Balaban J connectivity index is 1.51. The molecule has 0 saturated carbocycles. The van der Waals surface area contributed by atoms with Crippen molar-refractivity contribution in [3.05, 3.63) is 53.7 Å². The molecule has 0 N–H and O–H groups in total. The number of carbonyl (C=O) groups is 1. The largest absolute Gasteiger partial charge is 0.497 e. The number of benzene rings is 1. The van der Waals surface area contributed by atoms with E-state index in [0.717, 1.165) is 31.6 Å². The van der Waals surface area contributed by atoms with Crippen LogP contribution in [0.25, 0.3) is 0 Å². The molecule has 0 radical (unpaired) electrons. The van der Waals surface area contributed by atoms with Crippen LogP contribution < -0.4 is 9.64 Å². The van der Waals surface area contributed by atoms with Crippen LogP contribution in [0.5, 0.6) is 5.75 Å². The number of hydrogen-bond donors (Lipinski definition) is 0. The molecule has 2 unspecified atom stereocenters. The molecule has 1 amide bonds. The zero-order valence-electron chi connectivity index (χ0n) is 16.0. The van der Waals surface area contributed by atoms with Gasteiger partial charge < -0.3 is 14.5 Å². The van der Waals surface area contributed by atoms with E-state index in [1.807, 2.05) is 9.80 Å². The number of fused-ring (bicyclic) bond motifs is 1. The minimum Gasteiger partial charge on any atom is -0.497 e. The van der Waals surface area contributed by atoms with Crippen LogP contribution in [0, 0.1) is 5.92 Å². The highest BCUT2D eigenvalue weighted by atomic mass is 19.4. The van der Waals surface area contributed by atoms with E-state index in [9.17, 15) is 18.0 Å². The average Bonchev–Trinajstić information content (AvgIpc) is 3.16. The number of pyridine rings is 1. The van der Waals surface area contributed by atoms with Crippen LogP contribution in [-0.4, -0.2) is 48.6 Å². The lowest BCUT2D eigenvalue weighted by Gasteiger charge is -2.39. The fourth-order valence-electron chi connectivity index (χ4n) is 4.26. The molecule has 2 fully saturated rings. The lowest BCUT2D eigenvalue weighted by molar-refractivity contribution is -0.137. The zero-order valence-corrected chi connectivity index (χ0v) is 16.0. The van der Waals surface area contributed by atoms with E-state index in [1.54, 1.807) is 31.4 Å². The summed E-state index contributed by atoms with van der Waals surface area (Å²) in [6.07, 6.45) is -1.71. The van der Waals surface area contributed by atoms with Gasteiger partial charge in [0.2, 0.25) is 0 Å². The Morgan fingerprint density at radius 1 is 1.17 bits per heavy atom. The number of piperidine rings is 1. The van der Waals surface area contributed by atoms with Crippen LogP contribution in [-0.2, 0) is 6.18 Å². The molecule has 2 aliphatic rings. The number of halogens is 3. The molecule has 0 spiro atoms. The molecule has 3 heterocycles. The van der Waals surface area contributed by atoms with E-state index < -0.39 is 11.7 Å². The van der Waals surface area contributed by atoms with Gasteiger partial charge in [0, 0.05) is 31.4 Å². The third-order valence-corrected chi connectivity index (χ3v) is 5.84. The van der Waals surface area contributed by atoms with E-state index in [2.05, 4.69) is 4.98 Å². The van der Waals surface area contributed by atoms with E-state index in [1.165, 1.54) is 6.07 Å². The topological polar surface area (TPSA) is 45.7 Å². The molecule has 29 heavy (non-hydrogen) atoms. The van der Waals surface area contributed by atoms with Gasteiger partial charge in [0.25, 0.3) is 5.91 Å². The Kier molecular flexibility index (Phi) is 5.10. The van der Waals surface area contributed by atoms with E-state index in [4.69, 9.17) is 4.74 Å². The number of ether oxygens (including phenoxy) is 1. The zero-order chi connectivity index (χ0) is 20.6. The lowest BCUT2D eigenvalue weighted by Crippen LogP contribution is -2.50. The SMILES string of the molecule is COc1cccc(C(=O)N2CCC3CCN(c4ccc(C(F)(F)F)cn4)CC32)c1. The standard InChI is InChI=1S/C21H22F3N3O2/c1-29-17-4-2-3-15(11-17)20(28)27-10-8-14-7-9-26(13-18(14)27)19-6-5-16(12-25-19)21(22,23)24/h2-6,11-12,14,18H,7-10,13H2,1H3. The molecular weight excluding hydrogens is 383 g/mol. The van der Waals surface area contributed by atoms with Crippen molar-refractivity contribution in [2.75, 3.05) is 31.6 Å². The van der Waals surface area contributed by atoms with Crippen LogP contribution in [0.2, 0.25) is 0 Å². The highest BCUT2D eigenvalue weighted by molar-refractivity contribution is 5.95. The summed E-state index contributed by atoms with van der Waals surface area (Å²) in [5.74, 6) is 1.50. The van der Waals surface area contributed by atoms with Crippen molar-refractivity contribution in [1.29, 1.82) is 0 Å². The highest BCUT2D eigenvalue weighted by Crippen LogP contribution is 2.35. The van der Waals surface area contributed by atoms with Gasteiger partial charge in [-0.2, -0.15) is 13.2 Å². The maximum atomic E-state index is 13.1. The number of hydrogen-bond acceptors (Lipinski definition) is 4. The van der Waals surface area contributed by atoms with Crippen molar-refractivity contribution in [3.63, 3.8) is 0 Å². The predicted octanol–water partition coefficient (Wildman–Crippen LogP) is 3.85. The Hall–Kier alpha value is -2.77. The molecule has 2 saturated heterocycles. The summed E-state index contributed by atoms with van der Waals surface area (Å²) >= 11 is 0. The Morgan fingerprint density at radius 3 is 2.66 bits per heavy atom. The molecule has 2 atom stereocenters. The minimum atomic E-state index is -4.40. The molecule has 2 aromatic rings. The van der Waals surface area contributed by atoms with E-state index in [0.29, 0.717) is 36.1 Å². The molecule has 4 rings (SSSR count). The number of nitrogens with zero attached hydrogens (tertiary/aromatic N) is 3. The highest BCUT2D eigenvalue weighted by Gasteiger charge is 2.41. The molecule has 1 aromatic carbocycles. The molecule has 154 valence electrons. The number of rotatable bonds is 3. The van der Waals surface area contributed by atoms with Crippen LogP contribution >= 0.6 is 0 Å². The summed E-state index contributed by atoms with van der Waals surface area (Å²) in [5.41, 5.74) is -0.179. The minimum absolute atomic E-state index is 0.0199. The first-order valence-corrected chi connectivity index (χ1v) is 9.60. The summed E-state index contributed by atoms with van der Waals surface area (Å²) in [5, 5.41) is 0. The third kappa shape index (κ3) is 3.88. The van der Waals surface area contributed by atoms with Crippen molar-refractivity contribution >= 4 is 11.7 Å². The van der Waals surface area contributed by atoms with Crippen LogP contribution in [0.4, 0.5) is 19.0 Å². The molecule has 1 aromatic heterocycles. The summed E-state index contributed by atoms with van der Waals surface area (Å²) in [6.45, 7) is 1.97. The predicted molar refractivity (Wildman–Crippen MR) is 102 cm³/mol. The number of anilines is 1. The Labute approximate surface area is 167 Å². The monoisotopic (exact) mass is 405 g/mol. The number of likely N-dealkylation sites (tertiary alicyclic amines) is 1. The smallest absolute Gasteiger partial charge is 0.417 e. The summed E-state index contributed by atoms with van der Waals surface area (Å²) in [7, 11) is 1.56. The number of alkyl halides is 3. The number of aromatic nitrogens is 1. The van der Waals surface area contributed by atoms with Crippen molar-refractivity contribution in [2.24, 2.45) is 5.92 Å². The fourth-order valence-corrected chi connectivity index (χ4v) is 4.26. The van der Waals surface area contributed by atoms with Gasteiger partial charge in [-0.05, 0) is 49.1 Å². The first-order chi connectivity index (χ1) is 13.9. The van der Waals surface area contributed by atoms with Gasteiger partial charge in [0.05, 0.1) is 18.7 Å². The van der Waals surface area contributed by atoms with Crippen LogP contribution in [0.3, 0.4) is 0 Å². The van der Waals surface area contributed by atoms with Gasteiger partial charge in [0.15, 0.2) is 0 Å². The van der Waals surface area contributed by atoms with Gasteiger partial charge in [-0.25, -0.2) is 4.98 Å². The maximum Gasteiger partial charge on any atom is 0.417 e. The molecule has 2 aliphatic heterocycles. The quantitative estimate of drug-likeness (QED) is 0.778. The van der Waals surface area contributed by atoms with Crippen molar-refractivity contribution < 1.29 is 22.7 Å². The van der Waals surface area contributed by atoms with Gasteiger partial charge in [-0.3, -0.25) is 4.79 Å². The molecule has 0 bridgehead atoms. The lowest BCUT2D eigenvalue weighted by atomic mass is 9.92. The number of amides is 1. The maximum absolute atomic E-state index is 13.1. The van der Waals surface area contributed by atoms with Crippen LogP contribution in [0.15, 0.2) is 42.6 Å². The first-order valence-electron chi connectivity index (χ1n) is 9.60. The number of carbonyl (C=O) groups excluding carboxylic acids is 1. The molecular formula is C21H22F3N3O2. The second-order valence-corrected chi connectivity index (χ2v) is 7.48. The fraction of sp³-hybridized carbons (Fsp3) is 0.429. The second kappa shape index (κ2) is 7.57. The first kappa shape index (κ1) is 19.5. The van der Waals surface area contributed by atoms with Gasteiger partial charge in [-0.1, -0.05) is 6.07 Å². The van der Waals surface area contributed by atoms with Crippen molar-refractivity contribution in [1.82, 2.24) is 9.88 Å². The van der Waals surface area contributed by atoms with E-state index in [-0.39, 0.29) is 11.9 Å². The summed E-state index contributed by atoms with van der Waals surface area (Å²) < 4.78 is 43.6. The summed E-state index contributed by atoms with van der Waals surface area (Å²) in [4.78, 5) is 21.0. The average molecular weight is 405 g/mol. The van der Waals surface area contributed by atoms with Gasteiger partial charge in [0.1, 0.15) is 11.6 Å². The second-order valence-electron chi connectivity index (χ2n) is 7.48. The van der Waals surface area contributed by atoms with Crippen LogP contribution in [0.1, 0.15) is 28.8 Å². The number of methoxy groups -OCH3 is 1. The van der Waals surface area contributed by atoms with Crippen molar-refractivity contribution in [3.8, 4) is 5.75 Å². The summed E-state index contributed by atoms with van der Waals surface area (Å²) in [6, 6.07) is 9.58. The van der Waals surface area contributed by atoms with Gasteiger partial charge >= 0.3 is 6.18 Å². The molecule has 8 heteroatoms. The Morgan fingerprint density at radius 2 is 1.97 bits per heavy atom. The molecule has 5 nitrogen and oxygen atoms in total. The Bertz CT molecular complexity index is 885. The molecule has 0 aliphatic carbocycles.